The average molecular weight is 328 g/mol. The van der Waals surface area contributed by atoms with Gasteiger partial charge in [-0.25, -0.2) is 0 Å². The minimum Gasteiger partial charge on any atom is -0.368 e. The first kappa shape index (κ1) is 16.2. The molecule has 1 aromatic carbocycles. The van der Waals surface area contributed by atoms with Gasteiger partial charge in [-0.05, 0) is 44.0 Å². The van der Waals surface area contributed by atoms with Crippen LogP contribution in [-0.2, 0) is 14.3 Å². The average Bonchev–Trinajstić information content (AvgIpc) is 3.28. The summed E-state index contributed by atoms with van der Waals surface area (Å²) < 4.78 is 6.94. The van der Waals surface area contributed by atoms with Crippen molar-refractivity contribution in [3.63, 3.8) is 0 Å². The molecule has 1 saturated heterocycles. The lowest BCUT2D eigenvalue weighted by atomic mass is 10.2. The molecule has 7 nitrogen and oxygen atoms in total. The van der Waals surface area contributed by atoms with E-state index in [1.807, 2.05) is 0 Å². The van der Waals surface area contributed by atoms with Crippen LogP contribution in [0.1, 0.15) is 25.8 Å². The normalized spacial score (nSPS) is 18.1. The Kier molecular flexibility index (Phi) is 4.90. The summed E-state index contributed by atoms with van der Waals surface area (Å²) in [7, 11) is 0. The lowest BCUT2D eigenvalue weighted by Crippen LogP contribution is -2.27. The smallest absolute Gasteiger partial charge is 0.253 e. The number of hydrogen-bond acceptors (Lipinski definition) is 4. The lowest BCUT2D eigenvalue weighted by Gasteiger charge is -2.14. The van der Waals surface area contributed by atoms with Gasteiger partial charge in [0.25, 0.3) is 5.91 Å². The predicted molar refractivity (Wildman–Crippen MR) is 89.6 cm³/mol. The van der Waals surface area contributed by atoms with Gasteiger partial charge in [0.1, 0.15) is 12.1 Å². The molecule has 126 valence electrons. The number of ether oxygens (including phenoxy) is 1. The summed E-state index contributed by atoms with van der Waals surface area (Å²) in [5.41, 5.74) is 1.24. The molecule has 1 aromatic heterocycles. The van der Waals surface area contributed by atoms with E-state index in [1.165, 1.54) is 0 Å². The van der Waals surface area contributed by atoms with E-state index < -0.39 is 6.04 Å². The lowest BCUT2D eigenvalue weighted by molar-refractivity contribution is -0.124. The minimum absolute atomic E-state index is 0.152. The summed E-state index contributed by atoms with van der Waals surface area (Å²) in [5.74, 6) is -0.331. The van der Waals surface area contributed by atoms with E-state index in [0.29, 0.717) is 18.0 Å². The van der Waals surface area contributed by atoms with E-state index >= 15 is 0 Å². The van der Waals surface area contributed by atoms with Gasteiger partial charge in [0.2, 0.25) is 5.91 Å². The fourth-order valence-electron chi connectivity index (χ4n) is 2.56. The van der Waals surface area contributed by atoms with Gasteiger partial charge < -0.3 is 15.4 Å². The summed E-state index contributed by atoms with van der Waals surface area (Å²) >= 11 is 0. The number of carbonyl (C=O) groups excluding carboxylic acids is 2. The van der Waals surface area contributed by atoms with Crippen molar-refractivity contribution in [1.29, 1.82) is 0 Å². The summed E-state index contributed by atoms with van der Waals surface area (Å²) in [6, 6.07) is 8.39. The van der Waals surface area contributed by atoms with Gasteiger partial charge in [-0.2, -0.15) is 5.10 Å². The van der Waals surface area contributed by atoms with Gasteiger partial charge in [0, 0.05) is 30.4 Å². The molecule has 2 unspecified atom stereocenters. The molecule has 1 aliphatic rings. The van der Waals surface area contributed by atoms with E-state index in [2.05, 4.69) is 15.7 Å². The summed E-state index contributed by atoms with van der Waals surface area (Å²) in [6.45, 7) is 2.39. The molecule has 1 aliphatic heterocycles. The first-order chi connectivity index (χ1) is 11.6. The van der Waals surface area contributed by atoms with Crippen LogP contribution in [0, 0.1) is 0 Å². The highest BCUT2D eigenvalue weighted by Crippen LogP contribution is 2.19. The minimum atomic E-state index is -0.426. The number of rotatable bonds is 5. The quantitative estimate of drug-likeness (QED) is 0.881. The van der Waals surface area contributed by atoms with E-state index in [4.69, 9.17) is 4.74 Å². The third-order valence-electron chi connectivity index (χ3n) is 3.92. The molecule has 2 atom stereocenters. The van der Waals surface area contributed by atoms with Gasteiger partial charge in [-0.15, -0.1) is 0 Å². The van der Waals surface area contributed by atoms with E-state index in [-0.39, 0.29) is 17.9 Å². The number of amides is 2. The molecule has 0 bridgehead atoms. The van der Waals surface area contributed by atoms with Gasteiger partial charge in [0.15, 0.2) is 0 Å². The van der Waals surface area contributed by atoms with Crippen molar-refractivity contribution in [2.75, 3.05) is 17.2 Å². The molecule has 2 N–H and O–H groups in total. The fraction of sp³-hybridized carbons (Fsp3) is 0.353. The predicted octanol–water partition coefficient (Wildman–Crippen LogP) is 2.20. The molecule has 0 radical (unpaired) electrons. The van der Waals surface area contributed by atoms with Crippen molar-refractivity contribution >= 4 is 23.2 Å². The van der Waals surface area contributed by atoms with Crippen molar-refractivity contribution < 1.29 is 14.3 Å². The van der Waals surface area contributed by atoms with Crippen LogP contribution in [0.25, 0.3) is 0 Å². The van der Waals surface area contributed by atoms with Gasteiger partial charge in [-0.3, -0.25) is 14.3 Å². The Bertz CT molecular complexity index is 708. The number of hydrogen-bond donors (Lipinski definition) is 2. The highest BCUT2D eigenvalue weighted by atomic mass is 16.5. The highest BCUT2D eigenvalue weighted by molar-refractivity contribution is 5.96. The Balaban J connectivity index is 1.62. The van der Waals surface area contributed by atoms with Crippen LogP contribution in [0.3, 0.4) is 0 Å². The van der Waals surface area contributed by atoms with E-state index in [1.54, 1.807) is 54.3 Å². The Morgan fingerprint density at radius 1 is 1.29 bits per heavy atom. The third kappa shape index (κ3) is 3.80. The molecule has 0 spiro atoms. The van der Waals surface area contributed by atoms with Crippen molar-refractivity contribution in [2.45, 2.75) is 31.9 Å². The molecule has 3 rings (SSSR count). The molecular weight excluding hydrogens is 308 g/mol. The van der Waals surface area contributed by atoms with Crippen molar-refractivity contribution in [3.05, 3.63) is 42.7 Å². The molecule has 7 heteroatoms. The van der Waals surface area contributed by atoms with Crippen molar-refractivity contribution in [1.82, 2.24) is 9.78 Å². The Morgan fingerprint density at radius 3 is 2.75 bits per heavy atom. The molecule has 2 heterocycles. The molecule has 24 heavy (non-hydrogen) atoms. The number of carbonyl (C=O) groups is 2. The van der Waals surface area contributed by atoms with Gasteiger partial charge in [0.05, 0.1) is 0 Å². The van der Waals surface area contributed by atoms with Crippen LogP contribution in [0.2, 0.25) is 0 Å². The number of benzene rings is 1. The fourth-order valence-corrected chi connectivity index (χ4v) is 2.56. The van der Waals surface area contributed by atoms with E-state index in [0.717, 1.165) is 12.8 Å². The Morgan fingerprint density at radius 2 is 2.08 bits per heavy atom. The van der Waals surface area contributed by atoms with Crippen LogP contribution < -0.4 is 10.6 Å². The van der Waals surface area contributed by atoms with Gasteiger partial charge in [-0.1, -0.05) is 6.07 Å². The number of nitrogens with zero attached hydrogens (tertiary/aromatic N) is 2. The Labute approximate surface area is 140 Å². The monoisotopic (exact) mass is 328 g/mol. The second kappa shape index (κ2) is 7.27. The zero-order valence-electron chi connectivity index (χ0n) is 13.4. The summed E-state index contributed by atoms with van der Waals surface area (Å²) in [6.07, 6.45) is 4.62. The van der Waals surface area contributed by atoms with E-state index in [9.17, 15) is 9.59 Å². The third-order valence-corrected chi connectivity index (χ3v) is 3.92. The maximum Gasteiger partial charge on any atom is 0.253 e. The number of nitrogens with one attached hydrogen (secondary N) is 2. The van der Waals surface area contributed by atoms with Crippen LogP contribution in [-0.4, -0.2) is 34.3 Å². The second-order valence-electron chi connectivity index (χ2n) is 5.72. The van der Waals surface area contributed by atoms with Crippen LogP contribution in [0.5, 0.6) is 0 Å². The maximum atomic E-state index is 12.3. The molecular formula is C17H20N4O3. The molecule has 1 fully saturated rings. The van der Waals surface area contributed by atoms with Crippen molar-refractivity contribution in [3.8, 4) is 0 Å². The van der Waals surface area contributed by atoms with Crippen molar-refractivity contribution in [2.24, 2.45) is 0 Å². The highest BCUT2D eigenvalue weighted by Gasteiger charge is 2.23. The van der Waals surface area contributed by atoms with Crippen LogP contribution in [0.15, 0.2) is 42.7 Å². The standard InChI is InChI=1S/C17H20N4O3/c1-12(21-9-4-8-18-21)16(22)19-13-5-2-6-14(11-13)20-17(23)15-7-3-10-24-15/h2,4-6,8-9,11-12,15H,3,7,10H2,1H3,(H,19,22)(H,20,23). The first-order valence-electron chi connectivity index (χ1n) is 7.96. The summed E-state index contributed by atoms with van der Waals surface area (Å²) in [4.78, 5) is 24.4. The zero-order valence-corrected chi connectivity index (χ0v) is 13.4. The second-order valence-corrected chi connectivity index (χ2v) is 5.72. The van der Waals surface area contributed by atoms with Gasteiger partial charge >= 0.3 is 0 Å². The molecule has 0 aliphatic carbocycles. The maximum absolute atomic E-state index is 12.3. The topological polar surface area (TPSA) is 85.3 Å². The number of aromatic nitrogens is 2. The molecule has 2 amide bonds. The van der Waals surface area contributed by atoms with Crippen LogP contribution >= 0.6 is 0 Å². The zero-order chi connectivity index (χ0) is 16.9. The Hall–Kier alpha value is -2.67. The first-order valence-corrected chi connectivity index (χ1v) is 7.96. The number of anilines is 2. The SMILES string of the molecule is CC(C(=O)Nc1cccc(NC(=O)C2CCCO2)c1)n1cccn1. The molecule has 2 aromatic rings. The summed E-state index contributed by atoms with van der Waals surface area (Å²) in [5, 5.41) is 9.72. The molecule has 0 saturated carbocycles. The largest absolute Gasteiger partial charge is 0.368 e. The van der Waals surface area contributed by atoms with Crippen LogP contribution in [0.4, 0.5) is 11.4 Å².